The molecule has 0 bridgehead atoms. The Morgan fingerprint density at radius 3 is 2.55 bits per heavy atom. The SMILES string of the molecule is Cc1cc(S(=O)(=O)N2CCC(N(C)C)C2)cc(N)c1F. The molecule has 0 amide bonds. The molecule has 1 saturated heterocycles. The van der Waals surface area contributed by atoms with Crippen LogP contribution in [0.5, 0.6) is 0 Å². The molecule has 1 fully saturated rings. The van der Waals surface area contributed by atoms with E-state index in [4.69, 9.17) is 5.73 Å². The highest BCUT2D eigenvalue weighted by molar-refractivity contribution is 7.89. The summed E-state index contributed by atoms with van der Waals surface area (Å²) in [6.07, 6.45) is 0.794. The summed E-state index contributed by atoms with van der Waals surface area (Å²) in [4.78, 5) is 2.08. The van der Waals surface area contributed by atoms with Crippen molar-refractivity contribution in [3.63, 3.8) is 0 Å². The molecule has 0 saturated carbocycles. The molecular weight excluding hydrogens is 281 g/mol. The van der Waals surface area contributed by atoms with E-state index in [1.807, 2.05) is 19.0 Å². The molecule has 1 aliphatic heterocycles. The van der Waals surface area contributed by atoms with Gasteiger partial charge in [0.05, 0.1) is 10.6 Å². The molecule has 0 radical (unpaired) electrons. The van der Waals surface area contributed by atoms with Crippen molar-refractivity contribution < 1.29 is 12.8 Å². The molecule has 2 N–H and O–H groups in total. The Labute approximate surface area is 119 Å². The van der Waals surface area contributed by atoms with E-state index in [-0.39, 0.29) is 22.2 Å². The van der Waals surface area contributed by atoms with E-state index in [1.54, 1.807) is 0 Å². The maximum Gasteiger partial charge on any atom is 0.243 e. The Bertz CT molecular complexity index is 593. The first-order valence-electron chi connectivity index (χ1n) is 6.45. The molecule has 0 aromatic heterocycles. The largest absolute Gasteiger partial charge is 0.396 e. The third-order valence-corrected chi connectivity index (χ3v) is 5.59. The van der Waals surface area contributed by atoms with Crippen molar-refractivity contribution >= 4 is 15.7 Å². The van der Waals surface area contributed by atoms with Crippen molar-refractivity contribution in [3.05, 3.63) is 23.5 Å². The molecule has 20 heavy (non-hydrogen) atoms. The van der Waals surface area contributed by atoms with Crippen molar-refractivity contribution in [2.24, 2.45) is 0 Å². The summed E-state index contributed by atoms with van der Waals surface area (Å²) in [7, 11) is 0.256. The number of nitrogens with zero attached hydrogens (tertiary/aromatic N) is 2. The zero-order valence-electron chi connectivity index (χ0n) is 11.9. The number of hydrogen-bond acceptors (Lipinski definition) is 4. The van der Waals surface area contributed by atoms with Gasteiger partial charge in [0.15, 0.2) is 0 Å². The molecule has 1 atom stereocenters. The van der Waals surface area contributed by atoms with Gasteiger partial charge in [-0.05, 0) is 45.1 Å². The number of sulfonamides is 1. The minimum Gasteiger partial charge on any atom is -0.396 e. The van der Waals surface area contributed by atoms with Crippen molar-refractivity contribution in [3.8, 4) is 0 Å². The van der Waals surface area contributed by atoms with Crippen molar-refractivity contribution in [1.82, 2.24) is 9.21 Å². The predicted molar refractivity (Wildman–Crippen MR) is 76.4 cm³/mol. The van der Waals surface area contributed by atoms with E-state index >= 15 is 0 Å². The van der Waals surface area contributed by atoms with Gasteiger partial charge in [-0.1, -0.05) is 0 Å². The Hall–Kier alpha value is -1.18. The number of aryl methyl sites for hydroxylation is 1. The van der Waals surface area contributed by atoms with Crippen molar-refractivity contribution in [1.29, 1.82) is 0 Å². The molecule has 2 rings (SSSR count). The van der Waals surface area contributed by atoms with Crippen LogP contribution in [0.1, 0.15) is 12.0 Å². The zero-order valence-corrected chi connectivity index (χ0v) is 12.7. The second-order valence-electron chi connectivity index (χ2n) is 5.41. The molecule has 1 unspecified atom stereocenters. The van der Waals surface area contributed by atoms with E-state index in [1.165, 1.54) is 23.4 Å². The molecule has 5 nitrogen and oxygen atoms in total. The van der Waals surface area contributed by atoms with Crippen LogP contribution in [0, 0.1) is 12.7 Å². The van der Waals surface area contributed by atoms with E-state index < -0.39 is 15.8 Å². The average molecular weight is 301 g/mol. The molecule has 1 heterocycles. The van der Waals surface area contributed by atoms with Gasteiger partial charge in [0.1, 0.15) is 5.82 Å². The van der Waals surface area contributed by atoms with Gasteiger partial charge in [-0.3, -0.25) is 0 Å². The number of nitrogens with two attached hydrogens (primary N) is 1. The molecule has 1 aromatic rings. The highest BCUT2D eigenvalue weighted by atomic mass is 32.2. The summed E-state index contributed by atoms with van der Waals surface area (Å²) >= 11 is 0. The quantitative estimate of drug-likeness (QED) is 0.847. The number of likely N-dealkylation sites (N-methyl/N-ethyl adjacent to an activating group) is 1. The van der Waals surface area contributed by atoms with Crippen LogP contribution in [0.25, 0.3) is 0 Å². The highest BCUT2D eigenvalue weighted by Gasteiger charge is 2.33. The van der Waals surface area contributed by atoms with Gasteiger partial charge in [-0.2, -0.15) is 4.31 Å². The molecule has 112 valence electrons. The van der Waals surface area contributed by atoms with E-state index in [0.717, 1.165) is 6.42 Å². The number of hydrogen-bond donors (Lipinski definition) is 1. The molecule has 7 heteroatoms. The standard InChI is InChI=1S/C13H20FN3O2S/c1-9-6-11(7-12(15)13(9)14)20(18,19)17-5-4-10(8-17)16(2)3/h6-7,10H,4-5,8,15H2,1-3H3. The monoisotopic (exact) mass is 301 g/mol. The van der Waals surface area contributed by atoms with Gasteiger partial charge in [0, 0.05) is 19.1 Å². The maximum atomic E-state index is 13.5. The molecule has 1 aliphatic rings. The summed E-state index contributed by atoms with van der Waals surface area (Å²) in [6, 6.07) is 2.74. The van der Waals surface area contributed by atoms with Crippen LogP contribution in [0.2, 0.25) is 0 Å². The third kappa shape index (κ3) is 2.65. The number of anilines is 1. The minimum absolute atomic E-state index is 0.0632. The van der Waals surface area contributed by atoms with Crippen LogP contribution in [0.3, 0.4) is 0 Å². The lowest BCUT2D eigenvalue weighted by atomic mass is 10.2. The number of rotatable bonds is 3. The van der Waals surface area contributed by atoms with Gasteiger partial charge < -0.3 is 10.6 Å². The van der Waals surface area contributed by atoms with Gasteiger partial charge in [0.2, 0.25) is 10.0 Å². The summed E-state index contributed by atoms with van der Waals surface area (Å²) in [5.74, 6) is -0.559. The highest BCUT2D eigenvalue weighted by Crippen LogP contribution is 2.26. The van der Waals surface area contributed by atoms with Crippen molar-refractivity contribution in [2.75, 3.05) is 32.9 Å². The molecule has 0 spiro atoms. The van der Waals surface area contributed by atoms with Crippen LogP contribution in [-0.4, -0.2) is 50.8 Å². The number of benzene rings is 1. The normalized spacial score (nSPS) is 20.8. The summed E-state index contributed by atoms with van der Waals surface area (Å²) < 4.78 is 40.0. The maximum absolute atomic E-state index is 13.5. The Morgan fingerprint density at radius 2 is 2.05 bits per heavy atom. The molecule has 1 aromatic carbocycles. The average Bonchev–Trinajstić information content (AvgIpc) is 2.85. The molecular formula is C13H20FN3O2S. The van der Waals surface area contributed by atoms with E-state index in [2.05, 4.69) is 0 Å². The first-order valence-corrected chi connectivity index (χ1v) is 7.89. The van der Waals surface area contributed by atoms with Gasteiger partial charge in [-0.25, -0.2) is 12.8 Å². The fourth-order valence-corrected chi connectivity index (χ4v) is 4.03. The van der Waals surface area contributed by atoms with Crippen LogP contribution < -0.4 is 5.73 Å². The van der Waals surface area contributed by atoms with Crippen LogP contribution in [-0.2, 0) is 10.0 Å². The lowest BCUT2D eigenvalue weighted by Gasteiger charge is -2.20. The Balaban J connectivity index is 2.32. The van der Waals surface area contributed by atoms with Gasteiger partial charge in [-0.15, -0.1) is 0 Å². The van der Waals surface area contributed by atoms with Crippen LogP contribution in [0.4, 0.5) is 10.1 Å². The number of halogens is 1. The first-order chi connectivity index (χ1) is 9.23. The second kappa shape index (κ2) is 5.31. The van der Waals surface area contributed by atoms with Gasteiger partial charge in [0.25, 0.3) is 0 Å². The number of nitrogen functional groups attached to an aromatic ring is 1. The topological polar surface area (TPSA) is 66.6 Å². The van der Waals surface area contributed by atoms with E-state index in [9.17, 15) is 12.8 Å². The summed E-state index contributed by atoms with van der Waals surface area (Å²) in [6.45, 7) is 2.44. The fraction of sp³-hybridized carbons (Fsp3) is 0.538. The Kier molecular flexibility index (Phi) is 4.04. The lowest BCUT2D eigenvalue weighted by molar-refractivity contribution is 0.302. The lowest BCUT2D eigenvalue weighted by Crippen LogP contribution is -2.34. The van der Waals surface area contributed by atoms with Crippen molar-refractivity contribution in [2.45, 2.75) is 24.3 Å². The summed E-state index contributed by atoms with van der Waals surface area (Å²) in [5, 5.41) is 0. The Morgan fingerprint density at radius 1 is 1.40 bits per heavy atom. The van der Waals surface area contributed by atoms with Crippen LogP contribution >= 0.6 is 0 Å². The van der Waals surface area contributed by atoms with E-state index in [0.29, 0.717) is 13.1 Å². The van der Waals surface area contributed by atoms with Crippen LogP contribution in [0.15, 0.2) is 17.0 Å². The smallest absolute Gasteiger partial charge is 0.243 e. The first kappa shape index (κ1) is 15.2. The van der Waals surface area contributed by atoms with Gasteiger partial charge >= 0.3 is 0 Å². The predicted octanol–water partition coefficient (Wildman–Crippen LogP) is 1.04. The molecule has 0 aliphatic carbocycles. The fourth-order valence-electron chi connectivity index (χ4n) is 2.41. The minimum atomic E-state index is -3.61. The zero-order chi connectivity index (χ0) is 15.1. The third-order valence-electron chi connectivity index (χ3n) is 3.75. The second-order valence-corrected chi connectivity index (χ2v) is 7.35. The summed E-state index contributed by atoms with van der Waals surface area (Å²) in [5.41, 5.74) is 5.64.